The predicted molar refractivity (Wildman–Crippen MR) is 149 cm³/mol. The van der Waals surface area contributed by atoms with Crippen molar-refractivity contribution in [3.63, 3.8) is 0 Å². The van der Waals surface area contributed by atoms with Gasteiger partial charge in [-0.25, -0.2) is 0 Å². The molecular weight excluding hydrogens is 450 g/mol. The van der Waals surface area contributed by atoms with Crippen molar-refractivity contribution in [3.05, 3.63) is 103 Å². The van der Waals surface area contributed by atoms with E-state index in [4.69, 9.17) is 11.5 Å². The van der Waals surface area contributed by atoms with E-state index in [0.29, 0.717) is 42.6 Å². The number of phenols is 2. The molecule has 3 aromatic rings. The number of nitrogens with two attached hydrogens (primary N) is 2. The molecule has 1 unspecified atom stereocenters. The predicted octanol–water partition coefficient (Wildman–Crippen LogP) is 5.30. The van der Waals surface area contributed by atoms with Crippen LogP contribution >= 0.6 is 0 Å². The number of carbonyl (C=O) groups excluding carboxylic acids is 1. The minimum atomic E-state index is -0.685. The number of benzene rings is 3. The van der Waals surface area contributed by atoms with E-state index >= 15 is 0 Å². The van der Waals surface area contributed by atoms with E-state index in [2.05, 4.69) is 18.5 Å². The van der Waals surface area contributed by atoms with Crippen molar-refractivity contribution < 1.29 is 15.0 Å². The van der Waals surface area contributed by atoms with Crippen LogP contribution < -0.4 is 16.8 Å². The summed E-state index contributed by atoms with van der Waals surface area (Å²) in [5, 5.41) is 23.7. The molecule has 0 radical (unpaired) electrons. The first-order chi connectivity index (χ1) is 17.4. The van der Waals surface area contributed by atoms with E-state index in [1.807, 2.05) is 42.5 Å². The van der Waals surface area contributed by atoms with Crippen LogP contribution in [-0.4, -0.2) is 28.7 Å². The van der Waals surface area contributed by atoms with E-state index in [9.17, 15) is 15.0 Å². The number of allylic oxidation sites excluding steroid dienone is 2. The van der Waals surface area contributed by atoms with E-state index in [1.54, 1.807) is 36.4 Å². The minimum absolute atomic E-state index is 0.0550. The molecule has 3 aromatic carbocycles. The standard InChI is InChI=1S/C24H31N3O3.C6H6/c1-3-7-16-13-19(17-10-11-22(28)18(15-17)8-4-2)23(29)21(14-16)27-24(30)20(26)9-5-6-12-25;1-2-4-6-5-3-1/h3-4,10-11,13-15,20,28-29H,1-2,5-9,12,25-26H2,(H,27,30);1-6H. The smallest absolute Gasteiger partial charge is 0.241 e. The fourth-order valence-electron chi connectivity index (χ4n) is 3.62. The van der Waals surface area contributed by atoms with Gasteiger partial charge in [0.25, 0.3) is 0 Å². The Morgan fingerprint density at radius 1 is 0.944 bits per heavy atom. The Hall–Kier alpha value is -3.87. The maximum atomic E-state index is 12.5. The van der Waals surface area contributed by atoms with Crippen molar-refractivity contribution in [2.24, 2.45) is 11.5 Å². The summed E-state index contributed by atoms with van der Waals surface area (Å²) >= 11 is 0. The highest BCUT2D eigenvalue weighted by Crippen LogP contribution is 2.39. The van der Waals surface area contributed by atoms with E-state index in [-0.39, 0.29) is 17.4 Å². The summed E-state index contributed by atoms with van der Waals surface area (Å²) in [4.78, 5) is 12.5. The molecule has 6 nitrogen and oxygen atoms in total. The zero-order valence-electron chi connectivity index (χ0n) is 20.7. The molecule has 3 rings (SSSR count). The summed E-state index contributed by atoms with van der Waals surface area (Å²) in [5.74, 6) is -0.250. The second kappa shape index (κ2) is 15.2. The average molecular weight is 488 g/mol. The zero-order chi connectivity index (χ0) is 26.3. The molecular formula is C30H37N3O3. The van der Waals surface area contributed by atoms with Crippen LogP contribution in [0.3, 0.4) is 0 Å². The average Bonchev–Trinajstić information content (AvgIpc) is 2.89. The van der Waals surface area contributed by atoms with Crippen molar-refractivity contribution in [2.45, 2.75) is 38.1 Å². The number of unbranched alkanes of at least 4 members (excludes halogenated alkanes) is 1. The number of carbonyl (C=O) groups is 1. The van der Waals surface area contributed by atoms with Crippen molar-refractivity contribution in [1.29, 1.82) is 0 Å². The number of amides is 1. The van der Waals surface area contributed by atoms with E-state index in [0.717, 1.165) is 24.0 Å². The van der Waals surface area contributed by atoms with Crippen LogP contribution in [0, 0.1) is 0 Å². The molecule has 0 fully saturated rings. The molecule has 1 atom stereocenters. The highest BCUT2D eigenvalue weighted by molar-refractivity contribution is 5.97. The zero-order valence-corrected chi connectivity index (χ0v) is 20.7. The molecule has 0 spiro atoms. The van der Waals surface area contributed by atoms with Crippen LogP contribution in [0.2, 0.25) is 0 Å². The lowest BCUT2D eigenvalue weighted by molar-refractivity contribution is -0.117. The first kappa shape index (κ1) is 28.4. The van der Waals surface area contributed by atoms with Gasteiger partial charge in [0.15, 0.2) is 0 Å². The third kappa shape index (κ3) is 8.73. The van der Waals surface area contributed by atoms with Gasteiger partial charge in [0, 0.05) is 5.56 Å². The lowest BCUT2D eigenvalue weighted by Gasteiger charge is -2.17. The molecule has 0 saturated heterocycles. The Bertz CT molecular complexity index is 1100. The van der Waals surface area contributed by atoms with Crippen molar-refractivity contribution in [3.8, 4) is 22.6 Å². The lowest BCUT2D eigenvalue weighted by atomic mass is 9.96. The van der Waals surface area contributed by atoms with Gasteiger partial charge in [0.05, 0.1) is 11.7 Å². The Morgan fingerprint density at radius 3 is 2.17 bits per heavy atom. The lowest BCUT2D eigenvalue weighted by Crippen LogP contribution is -2.35. The first-order valence-corrected chi connectivity index (χ1v) is 12.1. The maximum Gasteiger partial charge on any atom is 0.241 e. The number of phenolic OH excluding ortho intramolecular Hbond substituents is 2. The quantitative estimate of drug-likeness (QED) is 0.143. The molecule has 1 amide bonds. The number of hydrogen-bond donors (Lipinski definition) is 5. The van der Waals surface area contributed by atoms with Crippen LogP contribution in [0.5, 0.6) is 11.5 Å². The highest BCUT2D eigenvalue weighted by atomic mass is 16.3. The molecule has 7 N–H and O–H groups in total. The van der Waals surface area contributed by atoms with Gasteiger partial charge in [-0.1, -0.05) is 61.0 Å². The van der Waals surface area contributed by atoms with Gasteiger partial charge in [0.2, 0.25) is 5.91 Å². The van der Waals surface area contributed by atoms with Crippen molar-refractivity contribution in [2.75, 3.05) is 11.9 Å². The fraction of sp³-hybridized carbons (Fsp3) is 0.233. The summed E-state index contributed by atoms with van der Waals surface area (Å²) in [6.07, 6.45) is 6.60. The molecule has 0 saturated carbocycles. The van der Waals surface area contributed by atoms with Gasteiger partial charge >= 0.3 is 0 Å². The van der Waals surface area contributed by atoms with E-state index < -0.39 is 6.04 Å². The molecule has 6 heteroatoms. The molecule has 0 aromatic heterocycles. The topological polar surface area (TPSA) is 122 Å². The van der Waals surface area contributed by atoms with Crippen LogP contribution in [0.4, 0.5) is 5.69 Å². The van der Waals surface area contributed by atoms with Crippen molar-refractivity contribution >= 4 is 11.6 Å². The molecule has 0 bridgehead atoms. The summed E-state index contributed by atoms with van der Waals surface area (Å²) in [6.45, 7) is 8.03. The SMILES string of the molecule is C=CCc1cc(NC(=O)C(N)CCCCN)c(O)c(-c2ccc(O)c(CC=C)c2)c1.c1ccccc1. The Labute approximate surface area is 214 Å². The molecule has 0 heterocycles. The second-order valence-electron chi connectivity index (χ2n) is 8.40. The third-order valence-corrected chi connectivity index (χ3v) is 5.54. The second-order valence-corrected chi connectivity index (χ2v) is 8.40. The Kier molecular flexibility index (Phi) is 12.0. The Balaban J connectivity index is 0.000000662. The van der Waals surface area contributed by atoms with Crippen molar-refractivity contribution in [1.82, 2.24) is 0 Å². The Morgan fingerprint density at radius 2 is 1.58 bits per heavy atom. The highest BCUT2D eigenvalue weighted by Gasteiger charge is 2.18. The fourth-order valence-corrected chi connectivity index (χ4v) is 3.62. The van der Waals surface area contributed by atoms with Crippen LogP contribution in [-0.2, 0) is 17.6 Å². The molecule has 0 aliphatic rings. The van der Waals surface area contributed by atoms with Crippen LogP contribution in [0.15, 0.2) is 92.0 Å². The van der Waals surface area contributed by atoms with Gasteiger partial charge in [-0.05, 0) is 73.2 Å². The molecule has 0 aliphatic heterocycles. The van der Waals surface area contributed by atoms with Gasteiger partial charge in [-0.15, -0.1) is 13.2 Å². The number of aromatic hydroxyl groups is 2. The number of nitrogens with one attached hydrogen (secondary N) is 1. The largest absolute Gasteiger partial charge is 0.508 e. The summed E-state index contributed by atoms with van der Waals surface area (Å²) in [6, 6.07) is 20.0. The minimum Gasteiger partial charge on any atom is -0.508 e. The molecule has 190 valence electrons. The molecule has 36 heavy (non-hydrogen) atoms. The third-order valence-electron chi connectivity index (χ3n) is 5.54. The number of rotatable bonds is 11. The maximum absolute atomic E-state index is 12.5. The number of anilines is 1. The number of hydrogen-bond acceptors (Lipinski definition) is 5. The summed E-state index contributed by atoms with van der Waals surface area (Å²) in [5.41, 5.74) is 14.6. The first-order valence-electron chi connectivity index (χ1n) is 12.1. The summed E-state index contributed by atoms with van der Waals surface area (Å²) < 4.78 is 0. The van der Waals surface area contributed by atoms with Crippen LogP contribution in [0.25, 0.3) is 11.1 Å². The van der Waals surface area contributed by atoms with Crippen LogP contribution in [0.1, 0.15) is 30.4 Å². The van der Waals surface area contributed by atoms with E-state index in [1.165, 1.54) is 0 Å². The van der Waals surface area contributed by atoms with Gasteiger partial charge in [-0.2, -0.15) is 0 Å². The van der Waals surface area contributed by atoms with Gasteiger partial charge in [-0.3, -0.25) is 4.79 Å². The molecule has 0 aliphatic carbocycles. The van der Waals surface area contributed by atoms with Gasteiger partial charge in [0.1, 0.15) is 11.5 Å². The van der Waals surface area contributed by atoms with Gasteiger partial charge < -0.3 is 27.0 Å². The normalized spacial score (nSPS) is 11.1. The monoisotopic (exact) mass is 487 g/mol. The summed E-state index contributed by atoms with van der Waals surface area (Å²) in [7, 11) is 0.